The number of pyridine rings is 1. The maximum absolute atomic E-state index is 12.5. The minimum absolute atomic E-state index is 0.0193. The van der Waals surface area contributed by atoms with Crippen molar-refractivity contribution in [3.63, 3.8) is 0 Å². The molecule has 1 atom stereocenters. The van der Waals surface area contributed by atoms with Crippen LogP contribution in [-0.4, -0.2) is 31.6 Å². The van der Waals surface area contributed by atoms with E-state index in [4.69, 9.17) is 16.3 Å². The molecule has 0 spiro atoms. The first kappa shape index (κ1) is 16.6. The number of halogens is 1. The molecule has 0 saturated heterocycles. The third-order valence-electron chi connectivity index (χ3n) is 4.04. The van der Waals surface area contributed by atoms with Crippen molar-refractivity contribution in [2.75, 3.05) is 25.6 Å². The number of hydrogen-bond donors (Lipinski definition) is 1. The maximum atomic E-state index is 12.5. The van der Waals surface area contributed by atoms with Crippen LogP contribution in [0.15, 0.2) is 36.5 Å². The molecule has 6 heteroatoms. The van der Waals surface area contributed by atoms with Gasteiger partial charge in [0.05, 0.1) is 5.92 Å². The second-order valence-electron chi connectivity index (χ2n) is 6.06. The van der Waals surface area contributed by atoms with E-state index in [-0.39, 0.29) is 11.8 Å². The minimum Gasteiger partial charge on any atom is -0.492 e. The molecule has 1 amide bonds. The first-order valence-electron chi connectivity index (χ1n) is 7.84. The van der Waals surface area contributed by atoms with Crippen LogP contribution >= 0.6 is 11.6 Å². The lowest BCUT2D eigenvalue weighted by atomic mass is 9.96. The highest BCUT2D eigenvalue weighted by molar-refractivity contribution is 6.30. The summed E-state index contributed by atoms with van der Waals surface area (Å²) in [6.07, 6.45) is 2.38. The summed E-state index contributed by atoms with van der Waals surface area (Å²) in [5.41, 5.74) is 1.96. The summed E-state index contributed by atoms with van der Waals surface area (Å²) >= 11 is 6.02. The first-order valence-corrected chi connectivity index (χ1v) is 8.22. The molecular weight excluding hydrogens is 326 g/mol. The number of carbonyl (C=O) groups excluding carboxylic acids is 1. The summed E-state index contributed by atoms with van der Waals surface area (Å²) in [5, 5.41) is 3.65. The zero-order chi connectivity index (χ0) is 17.1. The Bertz CT molecular complexity index is 749. The molecule has 0 saturated carbocycles. The van der Waals surface area contributed by atoms with Crippen LogP contribution < -0.4 is 15.0 Å². The summed E-state index contributed by atoms with van der Waals surface area (Å²) < 4.78 is 5.69. The quantitative estimate of drug-likeness (QED) is 0.925. The fraction of sp³-hybridized carbons (Fsp3) is 0.333. The van der Waals surface area contributed by atoms with Crippen LogP contribution in [0.3, 0.4) is 0 Å². The Kier molecular flexibility index (Phi) is 4.90. The highest BCUT2D eigenvalue weighted by Gasteiger charge is 2.26. The molecule has 1 N–H and O–H groups in total. The van der Waals surface area contributed by atoms with E-state index in [2.05, 4.69) is 10.3 Å². The van der Waals surface area contributed by atoms with Crippen molar-refractivity contribution in [1.29, 1.82) is 0 Å². The zero-order valence-corrected chi connectivity index (χ0v) is 14.5. The molecule has 5 nitrogen and oxygen atoms in total. The molecule has 1 aromatic heterocycles. The molecule has 1 aliphatic rings. The Morgan fingerprint density at radius 1 is 1.42 bits per heavy atom. The Morgan fingerprint density at radius 3 is 3.04 bits per heavy atom. The van der Waals surface area contributed by atoms with Gasteiger partial charge >= 0.3 is 0 Å². The van der Waals surface area contributed by atoms with Crippen molar-refractivity contribution in [2.24, 2.45) is 5.92 Å². The second kappa shape index (κ2) is 7.09. The number of ether oxygens (including phenoxy) is 1. The highest BCUT2D eigenvalue weighted by atomic mass is 35.5. The average molecular weight is 346 g/mol. The largest absolute Gasteiger partial charge is 0.492 e. The number of amides is 1. The number of nitrogens with zero attached hydrogens (tertiary/aromatic N) is 2. The van der Waals surface area contributed by atoms with E-state index in [0.717, 1.165) is 22.7 Å². The molecule has 0 bridgehead atoms. The SMILES string of the molecule is CN(C)c1ncccc1CNC(=O)C1COc2ccc(Cl)cc2C1. The van der Waals surface area contributed by atoms with Gasteiger partial charge in [0.2, 0.25) is 5.91 Å². The monoisotopic (exact) mass is 345 g/mol. The molecular formula is C18H20ClN3O2. The third-order valence-corrected chi connectivity index (χ3v) is 4.28. The van der Waals surface area contributed by atoms with Gasteiger partial charge in [-0.15, -0.1) is 0 Å². The smallest absolute Gasteiger partial charge is 0.227 e. The normalized spacial score (nSPS) is 16.0. The molecule has 2 heterocycles. The molecule has 126 valence electrons. The summed E-state index contributed by atoms with van der Waals surface area (Å²) in [7, 11) is 3.87. The van der Waals surface area contributed by atoms with Crippen molar-refractivity contribution in [3.05, 3.63) is 52.7 Å². The van der Waals surface area contributed by atoms with Gasteiger partial charge in [0.15, 0.2) is 0 Å². The fourth-order valence-electron chi connectivity index (χ4n) is 2.83. The number of aromatic nitrogens is 1. The lowest BCUT2D eigenvalue weighted by molar-refractivity contribution is -0.126. The molecule has 1 aliphatic heterocycles. The Balaban J connectivity index is 1.64. The van der Waals surface area contributed by atoms with Crippen LogP contribution in [0, 0.1) is 5.92 Å². The highest BCUT2D eigenvalue weighted by Crippen LogP contribution is 2.29. The Hall–Kier alpha value is -2.27. The molecule has 24 heavy (non-hydrogen) atoms. The van der Waals surface area contributed by atoms with Gasteiger partial charge in [0, 0.05) is 37.4 Å². The summed E-state index contributed by atoms with van der Waals surface area (Å²) in [4.78, 5) is 18.8. The summed E-state index contributed by atoms with van der Waals surface area (Å²) in [5.74, 6) is 1.44. The second-order valence-corrected chi connectivity index (χ2v) is 6.50. The molecule has 2 aromatic rings. The van der Waals surface area contributed by atoms with Gasteiger partial charge < -0.3 is 15.0 Å². The predicted molar refractivity (Wildman–Crippen MR) is 94.6 cm³/mol. The number of hydrogen-bond acceptors (Lipinski definition) is 4. The van der Waals surface area contributed by atoms with Crippen LogP contribution in [0.1, 0.15) is 11.1 Å². The van der Waals surface area contributed by atoms with E-state index in [0.29, 0.717) is 24.6 Å². The zero-order valence-electron chi connectivity index (χ0n) is 13.8. The van der Waals surface area contributed by atoms with Gasteiger partial charge in [0.25, 0.3) is 0 Å². The summed E-state index contributed by atoms with van der Waals surface area (Å²) in [6, 6.07) is 9.35. The maximum Gasteiger partial charge on any atom is 0.227 e. The number of benzene rings is 1. The predicted octanol–water partition coefficient (Wildman–Crippen LogP) is 2.67. The van der Waals surface area contributed by atoms with E-state index >= 15 is 0 Å². The van der Waals surface area contributed by atoms with Gasteiger partial charge in [-0.3, -0.25) is 4.79 Å². The van der Waals surface area contributed by atoms with E-state index in [1.807, 2.05) is 43.3 Å². The Morgan fingerprint density at radius 2 is 2.25 bits per heavy atom. The molecule has 0 aliphatic carbocycles. The van der Waals surface area contributed by atoms with E-state index in [1.54, 1.807) is 12.3 Å². The fourth-order valence-corrected chi connectivity index (χ4v) is 3.02. The topological polar surface area (TPSA) is 54.5 Å². The van der Waals surface area contributed by atoms with Gasteiger partial charge in [-0.05, 0) is 36.2 Å². The average Bonchev–Trinajstić information content (AvgIpc) is 2.59. The first-order chi connectivity index (χ1) is 11.5. The van der Waals surface area contributed by atoms with Crippen molar-refractivity contribution in [2.45, 2.75) is 13.0 Å². The lowest BCUT2D eigenvalue weighted by Gasteiger charge is -2.25. The van der Waals surface area contributed by atoms with Gasteiger partial charge in [-0.25, -0.2) is 4.98 Å². The van der Waals surface area contributed by atoms with Gasteiger partial charge in [0.1, 0.15) is 18.2 Å². The van der Waals surface area contributed by atoms with E-state index in [1.165, 1.54) is 0 Å². The molecule has 1 aromatic carbocycles. The molecule has 3 rings (SSSR count). The number of carbonyl (C=O) groups is 1. The summed E-state index contributed by atoms with van der Waals surface area (Å²) in [6.45, 7) is 0.827. The number of rotatable bonds is 4. The van der Waals surface area contributed by atoms with Crippen LogP contribution in [0.25, 0.3) is 0 Å². The Labute approximate surface area is 146 Å². The van der Waals surface area contributed by atoms with Crippen molar-refractivity contribution in [3.8, 4) is 5.75 Å². The van der Waals surface area contributed by atoms with Crippen LogP contribution in [-0.2, 0) is 17.8 Å². The number of fused-ring (bicyclic) bond motifs is 1. The van der Waals surface area contributed by atoms with E-state index in [9.17, 15) is 4.79 Å². The van der Waals surface area contributed by atoms with Gasteiger partial charge in [-0.2, -0.15) is 0 Å². The van der Waals surface area contributed by atoms with E-state index < -0.39 is 0 Å². The third kappa shape index (κ3) is 3.62. The van der Waals surface area contributed by atoms with Crippen molar-refractivity contribution < 1.29 is 9.53 Å². The lowest BCUT2D eigenvalue weighted by Crippen LogP contribution is -2.37. The van der Waals surface area contributed by atoms with Crippen molar-refractivity contribution in [1.82, 2.24) is 10.3 Å². The number of nitrogens with one attached hydrogen (secondary N) is 1. The minimum atomic E-state index is -0.213. The molecule has 1 unspecified atom stereocenters. The van der Waals surface area contributed by atoms with Crippen LogP contribution in [0.4, 0.5) is 5.82 Å². The number of anilines is 1. The van der Waals surface area contributed by atoms with Crippen LogP contribution in [0.5, 0.6) is 5.75 Å². The molecule has 0 fully saturated rings. The van der Waals surface area contributed by atoms with Crippen molar-refractivity contribution >= 4 is 23.3 Å². The standard InChI is InChI=1S/C18H20ClN3O2/c1-22(2)17-12(4-3-7-20-17)10-21-18(23)14-8-13-9-15(19)5-6-16(13)24-11-14/h3-7,9,14H,8,10-11H2,1-2H3,(H,21,23). The van der Waals surface area contributed by atoms with Crippen LogP contribution in [0.2, 0.25) is 5.02 Å². The van der Waals surface area contributed by atoms with Gasteiger partial charge in [-0.1, -0.05) is 17.7 Å². The molecule has 0 radical (unpaired) electrons.